The Bertz CT molecular complexity index is 892. The number of carbonyl (C=O) groups is 2. The lowest BCUT2D eigenvalue weighted by Crippen LogP contribution is -2.43. The van der Waals surface area contributed by atoms with Gasteiger partial charge >= 0.3 is 0 Å². The number of aryl methyl sites for hydroxylation is 1. The molecule has 1 saturated heterocycles. The van der Waals surface area contributed by atoms with Gasteiger partial charge in [-0.3, -0.25) is 9.59 Å². The van der Waals surface area contributed by atoms with Gasteiger partial charge in [0, 0.05) is 44.0 Å². The van der Waals surface area contributed by atoms with Crippen molar-refractivity contribution in [2.45, 2.75) is 45.4 Å². The van der Waals surface area contributed by atoms with Crippen LogP contribution < -0.4 is 5.32 Å². The summed E-state index contributed by atoms with van der Waals surface area (Å²) in [5.41, 5.74) is -0.152. The molecule has 2 aromatic rings. The highest BCUT2D eigenvalue weighted by Gasteiger charge is 2.28. The number of nitrogens with one attached hydrogen (secondary N) is 1. The summed E-state index contributed by atoms with van der Waals surface area (Å²) in [6.07, 6.45) is 2.28. The summed E-state index contributed by atoms with van der Waals surface area (Å²) in [6.45, 7) is 5.19. The van der Waals surface area contributed by atoms with Crippen LogP contribution in [0.25, 0.3) is 0 Å². The van der Waals surface area contributed by atoms with E-state index in [0.29, 0.717) is 63.1 Å². The molecule has 0 bridgehead atoms. The Hall–Kier alpha value is -2.84. The number of carbonyl (C=O) groups excluding carboxylic acids is 2. The summed E-state index contributed by atoms with van der Waals surface area (Å²) in [5.74, 6) is -0.873. The quantitative estimate of drug-likeness (QED) is 0.696. The highest BCUT2D eigenvalue weighted by Crippen LogP contribution is 2.21. The van der Waals surface area contributed by atoms with E-state index in [9.17, 15) is 18.4 Å². The molecule has 9 heteroatoms. The first-order chi connectivity index (χ1) is 14.3. The van der Waals surface area contributed by atoms with Crippen LogP contribution in [0.5, 0.6) is 0 Å². The molecule has 0 unspecified atom stereocenters. The van der Waals surface area contributed by atoms with E-state index in [1.807, 2.05) is 13.8 Å². The van der Waals surface area contributed by atoms with Crippen molar-refractivity contribution in [3.63, 3.8) is 0 Å². The molecule has 162 valence electrons. The third-order valence-electron chi connectivity index (χ3n) is 5.18. The van der Waals surface area contributed by atoms with Gasteiger partial charge in [0.1, 0.15) is 11.6 Å². The normalized spacial score (nSPS) is 14.9. The van der Waals surface area contributed by atoms with Gasteiger partial charge in [-0.25, -0.2) is 8.78 Å². The third-order valence-corrected chi connectivity index (χ3v) is 5.18. The molecule has 1 N–H and O–H groups in total. The number of hydrogen-bond donors (Lipinski definition) is 1. The lowest BCUT2D eigenvalue weighted by atomic mass is 9.95. The van der Waals surface area contributed by atoms with Crippen molar-refractivity contribution in [3.8, 4) is 0 Å². The van der Waals surface area contributed by atoms with Gasteiger partial charge in [0.15, 0.2) is 5.82 Å². The SMILES string of the molecule is CC(C)c1noc(CCCNC(=O)C2CCN(C(=O)c3ccc(F)cc3F)CC2)n1. The lowest BCUT2D eigenvalue weighted by molar-refractivity contribution is -0.126. The second kappa shape index (κ2) is 9.77. The number of piperidine rings is 1. The number of nitrogens with zero attached hydrogens (tertiary/aromatic N) is 3. The van der Waals surface area contributed by atoms with Crippen LogP contribution in [-0.2, 0) is 11.2 Å². The summed E-state index contributed by atoms with van der Waals surface area (Å²) in [6, 6.07) is 2.92. The maximum Gasteiger partial charge on any atom is 0.256 e. The molecule has 0 saturated carbocycles. The van der Waals surface area contributed by atoms with Gasteiger partial charge in [-0.2, -0.15) is 4.98 Å². The summed E-state index contributed by atoms with van der Waals surface area (Å²) in [5, 5.41) is 6.82. The Morgan fingerprint density at radius 3 is 2.63 bits per heavy atom. The minimum Gasteiger partial charge on any atom is -0.356 e. The molecule has 1 aromatic carbocycles. The second-order valence-electron chi connectivity index (χ2n) is 7.79. The zero-order chi connectivity index (χ0) is 21.7. The maximum atomic E-state index is 13.8. The molecule has 1 aliphatic rings. The molecule has 1 fully saturated rings. The van der Waals surface area contributed by atoms with E-state index in [-0.39, 0.29) is 23.3 Å². The second-order valence-corrected chi connectivity index (χ2v) is 7.79. The van der Waals surface area contributed by atoms with Crippen LogP contribution in [0.15, 0.2) is 22.7 Å². The fourth-order valence-corrected chi connectivity index (χ4v) is 3.38. The van der Waals surface area contributed by atoms with Gasteiger partial charge in [-0.15, -0.1) is 0 Å². The minimum absolute atomic E-state index is 0.0524. The molecule has 0 atom stereocenters. The number of likely N-dealkylation sites (tertiary alicyclic amines) is 1. The molecule has 3 rings (SSSR count). The van der Waals surface area contributed by atoms with Gasteiger partial charge < -0.3 is 14.7 Å². The lowest BCUT2D eigenvalue weighted by Gasteiger charge is -2.31. The fourth-order valence-electron chi connectivity index (χ4n) is 3.38. The number of rotatable bonds is 7. The molecule has 0 spiro atoms. The smallest absolute Gasteiger partial charge is 0.256 e. The van der Waals surface area contributed by atoms with Crippen molar-refractivity contribution < 1.29 is 22.9 Å². The Labute approximate surface area is 173 Å². The molecule has 0 radical (unpaired) electrons. The van der Waals surface area contributed by atoms with Crippen LogP contribution in [0, 0.1) is 17.6 Å². The third kappa shape index (κ3) is 5.40. The zero-order valence-electron chi connectivity index (χ0n) is 17.2. The first kappa shape index (κ1) is 21.9. The standard InChI is InChI=1S/C21H26F2N4O3/c1-13(2)19-25-18(30-26-19)4-3-9-24-20(28)14-7-10-27(11-8-14)21(29)16-6-5-15(22)12-17(16)23/h5-6,12-14H,3-4,7-11H2,1-2H3,(H,24,28). The van der Waals surface area contributed by atoms with Gasteiger partial charge in [-0.05, 0) is 31.4 Å². The topological polar surface area (TPSA) is 88.3 Å². The van der Waals surface area contributed by atoms with Gasteiger partial charge in [0.2, 0.25) is 11.8 Å². The van der Waals surface area contributed by atoms with Crippen LogP contribution >= 0.6 is 0 Å². The van der Waals surface area contributed by atoms with E-state index in [4.69, 9.17) is 4.52 Å². The number of amides is 2. The van der Waals surface area contributed by atoms with E-state index < -0.39 is 17.5 Å². The van der Waals surface area contributed by atoms with Crippen molar-refractivity contribution in [2.24, 2.45) is 5.92 Å². The van der Waals surface area contributed by atoms with Crippen LogP contribution in [-0.4, -0.2) is 46.5 Å². The van der Waals surface area contributed by atoms with Crippen molar-refractivity contribution in [1.29, 1.82) is 0 Å². The van der Waals surface area contributed by atoms with Crippen LogP contribution in [0.1, 0.15) is 61.1 Å². The van der Waals surface area contributed by atoms with Crippen LogP contribution in [0.3, 0.4) is 0 Å². The van der Waals surface area contributed by atoms with E-state index in [1.165, 1.54) is 4.90 Å². The van der Waals surface area contributed by atoms with Crippen molar-refractivity contribution in [2.75, 3.05) is 19.6 Å². The number of hydrogen-bond acceptors (Lipinski definition) is 5. The average molecular weight is 420 g/mol. The molecule has 0 aliphatic carbocycles. The van der Waals surface area contributed by atoms with E-state index in [0.717, 1.165) is 12.1 Å². The van der Waals surface area contributed by atoms with Gasteiger partial charge in [0.25, 0.3) is 5.91 Å². The first-order valence-corrected chi connectivity index (χ1v) is 10.2. The molecule has 7 nitrogen and oxygen atoms in total. The Balaban J connectivity index is 1.40. The number of benzene rings is 1. The average Bonchev–Trinajstić information content (AvgIpc) is 3.20. The highest BCUT2D eigenvalue weighted by molar-refractivity contribution is 5.94. The molecular weight excluding hydrogens is 394 g/mol. The molecule has 2 heterocycles. The summed E-state index contributed by atoms with van der Waals surface area (Å²) in [4.78, 5) is 30.6. The van der Waals surface area contributed by atoms with Crippen LogP contribution in [0.2, 0.25) is 0 Å². The number of aromatic nitrogens is 2. The Kier molecular flexibility index (Phi) is 7.12. The predicted molar refractivity (Wildman–Crippen MR) is 105 cm³/mol. The highest BCUT2D eigenvalue weighted by atomic mass is 19.1. The minimum atomic E-state index is -0.873. The Morgan fingerprint density at radius 1 is 1.27 bits per heavy atom. The largest absolute Gasteiger partial charge is 0.356 e. The van der Waals surface area contributed by atoms with E-state index in [1.54, 1.807) is 0 Å². The summed E-state index contributed by atoms with van der Waals surface area (Å²) < 4.78 is 32.0. The van der Waals surface area contributed by atoms with Crippen molar-refractivity contribution in [1.82, 2.24) is 20.4 Å². The summed E-state index contributed by atoms with van der Waals surface area (Å²) in [7, 11) is 0. The molecule has 2 amide bonds. The summed E-state index contributed by atoms with van der Waals surface area (Å²) >= 11 is 0. The molecule has 1 aromatic heterocycles. The first-order valence-electron chi connectivity index (χ1n) is 10.2. The van der Waals surface area contributed by atoms with Crippen molar-refractivity contribution >= 4 is 11.8 Å². The number of halogens is 2. The van der Waals surface area contributed by atoms with E-state index >= 15 is 0 Å². The van der Waals surface area contributed by atoms with Crippen LogP contribution in [0.4, 0.5) is 8.78 Å². The molecule has 1 aliphatic heterocycles. The predicted octanol–water partition coefficient (Wildman–Crippen LogP) is 3.07. The zero-order valence-corrected chi connectivity index (χ0v) is 17.2. The molecule has 30 heavy (non-hydrogen) atoms. The maximum absolute atomic E-state index is 13.8. The van der Waals surface area contributed by atoms with E-state index in [2.05, 4.69) is 15.5 Å². The van der Waals surface area contributed by atoms with Crippen molar-refractivity contribution in [3.05, 3.63) is 47.1 Å². The molecular formula is C21H26F2N4O3. The van der Waals surface area contributed by atoms with Gasteiger partial charge in [-0.1, -0.05) is 19.0 Å². The fraction of sp³-hybridized carbons (Fsp3) is 0.524. The Morgan fingerprint density at radius 2 is 2.00 bits per heavy atom. The monoisotopic (exact) mass is 420 g/mol. The van der Waals surface area contributed by atoms with Gasteiger partial charge in [0.05, 0.1) is 5.56 Å².